The lowest BCUT2D eigenvalue weighted by atomic mass is 9.93. The lowest BCUT2D eigenvalue weighted by Gasteiger charge is -2.29. The number of anilines is 4. The van der Waals surface area contributed by atoms with Crippen LogP contribution in [-0.4, -0.2) is 162 Å². The van der Waals surface area contributed by atoms with Crippen molar-refractivity contribution in [2.75, 3.05) is 160 Å². The van der Waals surface area contributed by atoms with Gasteiger partial charge in [0.25, 0.3) is 11.8 Å². The van der Waals surface area contributed by atoms with Gasteiger partial charge >= 0.3 is 5.97 Å². The Bertz CT molecular complexity index is 2690. The molecule has 17 nitrogen and oxygen atoms in total. The number of carbonyl (C=O) groups excluding carboxylic acids is 3. The third kappa shape index (κ3) is 15.6. The van der Waals surface area contributed by atoms with Crippen molar-refractivity contribution < 1.29 is 57.0 Å². The number of imide groups is 1. The molecule has 17 heteroatoms. The number of benzene rings is 5. The standard InChI is InChI=1S/C58H73N5O12/c1-41(2)58(66)75-31-25-63-56(64)46-9-7-8-45-48(15-13-47(55(45)46)57(63)65)59-19-18-44-12-17-51(54(40-44)74-37-33-68-6)62-23-29-72-52-38-42(3)10-14-49(52)60-20-26-69-35-36-71-28-22-61(21-27-70-34-32-67-5)50-16-11-43(4)39-53(50)73-30-24-62/h7-17,38-40,59-60H,1,18-37H2,2-6H3. The number of methoxy groups -OCH3 is 2. The molecule has 75 heavy (non-hydrogen) atoms. The summed E-state index contributed by atoms with van der Waals surface area (Å²) in [5.41, 5.74) is 7.77. The Morgan fingerprint density at radius 1 is 0.707 bits per heavy atom. The van der Waals surface area contributed by atoms with Crippen molar-refractivity contribution in [3.63, 3.8) is 0 Å². The number of hydrogen-bond acceptors (Lipinski definition) is 16. The van der Waals surface area contributed by atoms with Crippen molar-refractivity contribution in [1.29, 1.82) is 0 Å². The van der Waals surface area contributed by atoms with E-state index in [1.165, 1.54) is 0 Å². The van der Waals surface area contributed by atoms with Gasteiger partial charge in [-0.05, 0) is 98.5 Å². The zero-order valence-electron chi connectivity index (χ0n) is 44.2. The summed E-state index contributed by atoms with van der Waals surface area (Å²) >= 11 is 0. The smallest absolute Gasteiger partial charge is 0.333 e. The number of carbonyl (C=O) groups is 3. The van der Waals surface area contributed by atoms with Crippen LogP contribution >= 0.6 is 0 Å². The average Bonchev–Trinajstić information content (AvgIpc) is 3.40. The highest BCUT2D eigenvalue weighted by molar-refractivity contribution is 6.26. The van der Waals surface area contributed by atoms with Crippen LogP contribution in [0.4, 0.5) is 22.7 Å². The van der Waals surface area contributed by atoms with Crippen LogP contribution < -0.4 is 34.6 Å². The number of nitrogens with zero attached hydrogens (tertiary/aromatic N) is 3. The number of aryl methyl sites for hydroxylation is 2. The first-order chi connectivity index (χ1) is 36.6. The fraction of sp³-hybridized carbons (Fsp3) is 0.431. The van der Waals surface area contributed by atoms with Crippen LogP contribution in [0.3, 0.4) is 0 Å². The minimum absolute atomic E-state index is 0.0685. The number of fused-ring (bicyclic) bond motifs is 2. The molecule has 0 fully saturated rings. The maximum absolute atomic E-state index is 13.7. The topological polar surface area (TPSA) is 168 Å². The molecule has 0 unspecified atom stereocenters. The summed E-state index contributed by atoms with van der Waals surface area (Å²) in [4.78, 5) is 44.9. The fourth-order valence-electron chi connectivity index (χ4n) is 8.83. The normalized spacial score (nSPS) is 14.9. The molecule has 0 aliphatic carbocycles. The van der Waals surface area contributed by atoms with E-state index in [2.05, 4.69) is 76.4 Å². The molecule has 0 aromatic heterocycles. The Balaban J connectivity index is 1.11. The number of hydrogen-bond donors (Lipinski definition) is 2. The van der Waals surface area contributed by atoms with Crippen LogP contribution in [0.15, 0.2) is 97.1 Å². The lowest BCUT2D eigenvalue weighted by Crippen LogP contribution is -2.42. The van der Waals surface area contributed by atoms with Gasteiger partial charge in [0, 0.05) is 73.6 Å². The van der Waals surface area contributed by atoms with E-state index in [4.69, 9.17) is 42.6 Å². The molecule has 0 bridgehead atoms. The molecule has 0 atom stereocenters. The summed E-state index contributed by atoms with van der Waals surface area (Å²) in [6, 6.07) is 27.7. The van der Waals surface area contributed by atoms with Gasteiger partial charge in [-0.2, -0.15) is 0 Å². The molecule has 7 rings (SSSR count). The summed E-state index contributed by atoms with van der Waals surface area (Å²) < 4.78 is 53.5. The van der Waals surface area contributed by atoms with Crippen molar-refractivity contribution >= 4 is 51.3 Å². The molecule has 0 radical (unpaired) electrons. The molecule has 2 aliphatic heterocycles. The van der Waals surface area contributed by atoms with Gasteiger partial charge in [0.15, 0.2) is 0 Å². The Kier molecular flexibility index (Phi) is 21.4. The predicted octanol–water partition coefficient (Wildman–Crippen LogP) is 7.74. The number of nitrogens with one attached hydrogen (secondary N) is 2. The van der Waals surface area contributed by atoms with E-state index in [0.717, 1.165) is 61.2 Å². The molecule has 2 heterocycles. The molecule has 5 aromatic rings. The molecule has 402 valence electrons. The molecule has 2 N–H and O–H groups in total. The van der Waals surface area contributed by atoms with E-state index >= 15 is 0 Å². The van der Waals surface area contributed by atoms with Crippen LogP contribution in [0.5, 0.6) is 17.2 Å². The SMILES string of the molecule is C=C(C)C(=O)OCCN1C(=O)c2cccc3c(NCCc4ccc(N5CCOc6cc(C)ccc6NCCOCCOCCN(CCOCCOC)c6ccc(C)cc6OCC5)c(OCCOC)c4)ccc(c23)C1=O. The second-order valence-corrected chi connectivity index (χ2v) is 18.3. The average molecular weight is 1030 g/mol. The van der Waals surface area contributed by atoms with Crippen LogP contribution in [0.2, 0.25) is 0 Å². The summed E-state index contributed by atoms with van der Waals surface area (Å²) in [7, 11) is 3.32. The van der Waals surface area contributed by atoms with Crippen LogP contribution in [0.1, 0.15) is 44.3 Å². The Hall–Kier alpha value is -6.89. The Labute approximate surface area is 440 Å². The number of ether oxygens (including phenoxy) is 9. The molecular weight excluding hydrogens is 959 g/mol. The summed E-state index contributed by atoms with van der Waals surface area (Å²) in [5, 5.41) is 8.41. The van der Waals surface area contributed by atoms with Gasteiger partial charge in [0.2, 0.25) is 0 Å². The summed E-state index contributed by atoms with van der Waals surface area (Å²) in [6.45, 7) is 17.4. The van der Waals surface area contributed by atoms with Crippen LogP contribution in [-0.2, 0) is 39.6 Å². The predicted molar refractivity (Wildman–Crippen MR) is 292 cm³/mol. The molecule has 2 amide bonds. The van der Waals surface area contributed by atoms with Crippen LogP contribution in [0, 0.1) is 13.8 Å². The highest BCUT2D eigenvalue weighted by Crippen LogP contribution is 2.36. The van der Waals surface area contributed by atoms with Crippen LogP contribution in [0.25, 0.3) is 10.8 Å². The summed E-state index contributed by atoms with van der Waals surface area (Å²) in [5.74, 6) is 0.765. The number of esters is 1. The van der Waals surface area contributed by atoms with E-state index in [1.54, 1.807) is 33.3 Å². The maximum Gasteiger partial charge on any atom is 0.333 e. The monoisotopic (exact) mass is 1030 g/mol. The van der Waals surface area contributed by atoms with Crippen molar-refractivity contribution in [2.24, 2.45) is 0 Å². The van der Waals surface area contributed by atoms with Gasteiger partial charge in [-0.1, -0.05) is 36.9 Å². The molecule has 5 aromatic carbocycles. The third-order valence-electron chi connectivity index (χ3n) is 12.7. The van der Waals surface area contributed by atoms with Crippen molar-refractivity contribution in [2.45, 2.75) is 27.2 Å². The van der Waals surface area contributed by atoms with Gasteiger partial charge in [0.1, 0.15) is 43.7 Å². The van der Waals surface area contributed by atoms with Crippen molar-refractivity contribution in [3.8, 4) is 17.2 Å². The first-order valence-electron chi connectivity index (χ1n) is 25.7. The number of rotatable bonds is 19. The largest absolute Gasteiger partial charge is 0.490 e. The fourth-order valence-corrected chi connectivity index (χ4v) is 8.83. The summed E-state index contributed by atoms with van der Waals surface area (Å²) in [6.07, 6.45) is 0.633. The van der Waals surface area contributed by atoms with E-state index < -0.39 is 17.8 Å². The Morgan fingerprint density at radius 2 is 1.41 bits per heavy atom. The van der Waals surface area contributed by atoms with E-state index in [1.807, 2.05) is 37.3 Å². The molecular formula is C58H73N5O12. The first kappa shape index (κ1) is 55.9. The molecule has 0 saturated carbocycles. The minimum Gasteiger partial charge on any atom is -0.490 e. The van der Waals surface area contributed by atoms with E-state index in [0.29, 0.717) is 141 Å². The molecule has 0 saturated heterocycles. The van der Waals surface area contributed by atoms with E-state index in [-0.39, 0.29) is 18.7 Å². The lowest BCUT2D eigenvalue weighted by molar-refractivity contribution is -0.139. The minimum atomic E-state index is -0.576. The van der Waals surface area contributed by atoms with Gasteiger partial charge in [-0.25, -0.2) is 4.79 Å². The molecule has 0 spiro atoms. The Morgan fingerprint density at radius 3 is 2.19 bits per heavy atom. The van der Waals surface area contributed by atoms with Crippen molar-refractivity contribution in [3.05, 3.63) is 125 Å². The number of amides is 2. The van der Waals surface area contributed by atoms with Gasteiger partial charge in [-0.3, -0.25) is 14.5 Å². The maximum atomic E-state index is 13.7. The quantitative estimate of drug-likeness (QED) is 0.0356. The first-order valence-corrected chi connectivity index (χ1v) is 25.7. The van der Waals surface area contributed by atoms with E-state index in [9.17, 15) is 14.4 Å². The van der Waals surface area contributed by atoms with Gasteiger partial charge < -0.3 is 63.1 Å². The van der Waals surface area contributed by atoms with Gasteiger partial charge in [0.05, 0.1) is 89.6 Å². The zero-order chi connectivity index (χ0) is 52.9. The second kappa shape index (κ2) is 28.7. The zero-order valence-corrected chi connectivity index (χ0v) is 44.2. The van der Waals surface area contributed by atoms with Gasteiger partial charge in [-0.15, -0.1) is 0 Å². The highest BCUT2D eigenvalue weighted by Gasteiger charge is 2.33. The second-order valence-electron chi connectivity index (χ2n) is 18.3. The highest BCUT2D eigenvalue weighted by atomic mass is 16.5. The molecule has 2 aliphatic rings. The third-order valence-corrected chi connectivity index (χ3v) is 12.7. The van der Waals surface area contributed by atoms with Crippen molar-refractivity contribution in [1.82, 2.24) is 4.90 Å².